The first kappa shape index (κ1) is 21.6. The van der Waals surface area contributed by atoms with Crippen LogP contribution in [0.15, 0.2) is 42.5 Å². The summed E-state index contributed by atoms with van der Waals surface area (Å²) >= 11 is 0. The number of benzene rings is 2. The van der Waals surface area contributed by atoms with E-state index in [-0.39, 0.29) is 24.2 Å². The second-order valence-corrected chi connectivity index (χ2v) is 7.21. The third kappa shape index (κ3) is 5.63. The van der Waals surface area contributed by atoms with Gasteiger partial charge in [0.15, 0.2) is 0 Å². The Kier molecular flexibility index (Phi) is 7.29. The highest BCUT2D eigenvalue weighted by Crippen LogP contribution is 2.18. The molecule has 6 heteroatoms. The molecular formula is C22H28FN3O2. The zero-order chi connectivity index (χ0) is 20.8. The second kappa shape index (κ2) is 9.46. The van der Waals surface area contributed by atoms with Crippen molar-refractivity contribution in [2.75, 3.05) is 26.0 Å². The average molecular weight is 385 g/mol. The average Bonchev–Trinajstić information content (AvgIpc) is 2.64. The number of rotatable bonds is 7. The van der Waals surface area contributed by atoms with E-state index in [1.807, 2.05) is 32.0 Å². The smallest absolute Gasteiger partial charge is 0.239 e. The number of carbonyl (C=O) groups is 2. The predicted octanol–water partition coefficient (Wildman–Crippen LogP) is 3.36. The Balaban J connectivity index is 1.93. The highest BCUT2D eigenvalue weighted by atomic mass is 19.1. The molecule has 0 spiro atoms. The number of hydrogen-bond acceptors (Lipinski definition) is 3. The molecule has 1 atom stereocenters. The van der Waals surface area contributed by atoms with Crippen molar-refractivity contribution in [3.8, 4) is 0 Å². The van der Waals surface area contributed by atoms with Gasteiger partial charge < -0.3 is 10.2 Å². The molecule has 28 heavy (non-hydrogen) atoms. The minimum absolute atomic E-state index is 0.0914. The highest BCUT2D eigenvalue weighted by Gasteiger charge is 2.23. The van der Waals surface area contributed by atoms with E-state index in [0.29, 0.717) is 6.54 Å². The molecule has 0 fully saturated rings. The van der Waals surface area contributed by atoms with Crippen LogP contribution in [0.2, 0.25) is 0 Å². The van der Waals surface area contributed by atoms with E-state index in [1.54, 1.807) is 43.0 Å². The molecule has 0 unspecified atom stereocenters. The van der Waals surface area contributed by atoms with Crippen molar-refractivity contribution in [1.82, 2.24) is 9.80 Å². The summed E-state index contributed by atoms with van der Waals surface area (Å²) in [6.07, 6.45) is 0. The highest BCUT2D eigenvalue weighted by molar-refractivity contribution is 5.93. The lowest BCUT2D eigenvalue weighted by atomic mass is 10.1. The van der Waals surface area contributed by atoms with Gasteiger partial charge in [-0.25, -0.2) is 4.39 Å². The molecule has 2 aromatic carbocycles. The van der Waals surface area contributed by atoms with Crippen LogP contribution in [0.4, 0.5) is 10.1 Å². The van der Waals surface area contributed by atoms with E-state index >= 15 is 0 Å². The summed E-state index contributed by atoms with van der Waals surface area (Å²) in [6.45, 7) is 6.11. The number of likely N-dealkylation sites (N-methyl/N-ethyl adjacent to an activating group) is 2. The Morgan fingerprint density at radius 2 is 1.79 bits per heavy atom. The molecule has 0 heterocycles. The lowest BCUT2D eigenvalue weighted by Gasteiger charge is -2.28. The van der Waals surface area contributed by atoms with E-state index < -0.39 is 6.04 Å². The molecule has 2 amide bonds. The van der Waals surface area contributed by atoms with E-state index in [2.05, 4.69) is 5.32 Å². The first-order valence-corrected chi connectivity index (χ1v) is 9.24. The van der Waals surface area contributed by atoms with Gasteiger partial charge >= 0.3 is 0 Å². The van der Waals surface area contributed by atoms with Gasteiger partial charge in [-0.3, -0.25) is 14.5 Å². The Hall–Kier alpha value is -2.73. The maximum atomic E-state index is 13.3. The molecule has 0 saturated carbocycles. The normalized spacial score (nSPS) is 12.0. The Bertz CT molecular complexity index is 853. The number of carbonyl (C=O) groups excluding carboxylic acids is 2. The maximum Gasteiger partial charge on any atom is 0.239 e. The van der Waals surface area contributed by atoms with Crippen molar-refractivity contribution in [2.45, 2.75) is 33.4 Å². The van der Waals surface area contributed by atoms with Gasteiger partial charge in [0, 0.05) is 19.3 Å². The lowest BCUT2D eigenvalue weighted by molar-refractivity contribution is -0.135. The monoisotopic (exact) mass is 385 g/mol. The summed E-state index contributed by atoms with van der Waals surface area (Å²) in [5.41, 5.74) is 3.63. The fraction of sp³-hybridized carbons (Fsp3) is 0.364. The number of nitrogens with one attached hydrogen (secondary N) is 1. The minimum Gasteiger partial charge on any atom is -0.340 e. The summed E-state index contributed by atoms with van der Waals surface area (Å²) < 4.78 is 13.3. The summed E-state index contributed by atoms with van der Waals surface area (Å²) in [5, 5.41) is 2.90. The number of nitrogens with zero attached hydrogens (tertiary/aromatic N) is 2. The topological polar surface area (TPSA) is 52.7 Å². The number of hydrogen-bond donors (Lipinski definition) is 1. The summed E-state index contributed by atoms with van der Waals surface area (Å²) in [7, 11) is 3.41. The van der Waals surface area contributed by atoms with Crippen LogP contribution in [0.25, 0.3) is 0 Å². The van der Waals surface area contributed by atoms with E-state index in [1.165, 1.54) is 12.1 Å². The quantitative estimate of drug-likeness (QED) is 0.795. The van der Waals surface area contributed by atoms with Crippen LogP contribution in [0.5, 0.6) is 0 Å². The van der Waals surface area contributed by atoms with Gasteiger partial charge in [-0.05, 0) is 62.7 Å². The molecular weight excluding hydrogens is 357 g/mol. The first-order chi connectivity index (χ1) is 13.2. The number of amides is 2. The van der Waals surface area contributed by atoms with Crippen molar-refractivity contribution < 1.29 is 14.0 Å². The van der Waals surface area contributed by atoms with Crippen LogP contribution in [0, 0.1) is 19.7 Å². The van der Waals surface area contributed by atoms with E-state index in [0.717, 1.165) is 22.4 Å². The van der Waals surface area contributed by atoms with Crippen molar-refractivity contribution in [2.24, 2.45) is 0 Å². The van der Waals surface area contributed by atoms with Crippen LogP contribution >= 0.6 is 0 Å². The van der Waals surface area contributed by atoms with Gasteiger partial charge in [-0.15, -0.1) is 0 Å². The van der Waals surface area contributed by atoms with Gasteiger partial charge in [0.1, 0.15) is 5.82 Å². The van der Waals surface area contributed by atoms with Crippen LogP contribution < -0.4 is 5.32 Å². The molecule has 0 radical (unpaired) electrons. The largest absolute Gasteiger partial charge is 0.340 e. The minimum atomic E-state index is -0.483. The standard InChI is InChI=1S/C22H28FN3O2/c1-15-8-6-11-20(16(15)2)24-21(27)14-25(4)17(3)22(28)26(5)13-18-9-7-10-19(23)12-18/h6-12,17H,13-14H2,1-5H3,(H,24,27)/t17-/m0/s1. The van der Waals surface area contributed by atoms with Gasteiger partial charge in [0.05, 0.1) is 12.6 Å². The summed E-state index contributed by atoms with van der Waals surface area (Å²) in [4.78, 5) is 28.3. The molecule has 2 rings (SSSR count). The molecule has 5 nitrogen and oxygen atoms in total. The molecule has 0 aliphatic carbocycles. The van der Waals surface area contributed by atoms with Crippen molar-refractivity contribution in [3.63, 3.8) is 0 Å². The Morgan fingerprint density at radius 1 is 1.11 bits per heavy atom. The molecule has 0 aliphatic heterocycles. The molecule has 150 valence electrons. The Morgan fingerprint density at radius 3 is 2.46 bits per heavy atom. The van der Waals surface area contributed by atoms with Gasteiger partial charge in [0.2, 0.25) is 11.8 Å². The third-order valence-corrected chi connectivity index (χ3v) is 4.98. The summed E-state index contributed by atoms with van der Waals surface area (Å²) in [6, 6.07) is 11.5. The predicted molar refractivity (Wildman–Crippen MR) is 110 cm³/mol. The number of halogens is 1. The molecule has 0 saturated heterocycles. The zero-order valence-corrected chi connectivity index (χ0v) is 17.1. The van der Waals surface area contributed by atoms with Gasteiger partial charge in [-0.1, -0.05) is 24.3 Å². The number of anilines is 1. The van der Waals surface area contributed by atoms with Gasteiger partial charge in [0.25, 0.3) is 0 Å². The number of aryl methyl sites for hydroxylation is 1. The fourth-order valence-corrected chi connectivity index (χ4v) is 2.93. The van der Waals surface area contributed by atoms with Crippen molar-refractivity contribution in [1.29, 1.82) is 0 Å². The molecule has 0 aromatic heterocycles. The Labute approximate surface area is 166 Å². The van der Waals surface area contributed by atoms with E-state index in [9.17, 15) is 14.0 Å². The van der Waals surface area contributed by atoms with E-state index in [4.69, 9.17) is 0 Å². The summed E-state index contributed by atoms with van der Waals surface area (Å²) in [5.74, 6) is -0.637. The lowest BCUT2D eigenvalue weighted by Crippen LogP contribution is -2.46. The van der Waals surface area contributed by atoms with Crippen LogP contribution in [-0.4, -0.2) is 48.3 Å². The van der Waals surface area contributed by atoms with Crippen molar-refractivity contribution >= 4 is 17.5 Å². The fourth-order valence-electron chi connectivity index (χ4n) is 2.93. The third-order valence-electron chi connectivity index (χ3n) is 4.98. The first-order valence-electron chi connectivity index (χ1n) is 9.24. The second-order valence-electron chi connectivity index (χ2n) is 7.21. The zero-order valence-electron chi connectivity index (χ0n) is 17.1. The molecule has 1 N–H and O–H groups in total. The molecule has 0 bridgehead atoms. The molecule has 0 aliphatic rings. The molecule has 2 aromatic rings. The van der Waals surface area contributed by atoms with Crippen molar-refractivity contribution in [3.05, 3.63) is 65.0 Å². The van der Waals surface area contributed by atoms with Gasteiger partial charge in [-0.2, -0.15) is 0 Å². The SMILES string of the molecule is Cc1cccc(NC(=O)CN(C)[C@@H](C)C(=O)N(C)Cc2cccc(F)c2)c1C. The van der Waals surface area contributed by atoms with Crippen LogP contribution in [0.3, 0.4) is 0 Å². The maximum absolute atomic E-state index is 13.3. The van der Waals surface area contributed by atoms with Crippen LogP contribution in [-0.2, 0) is 16.1 Å². The van der Waals surface area contributed by atoms with Crippen LogP contribution in [0.1, 0.15) is 23.6 Å².